The van der Waals surface area contributed by atoms with Gasteiger partial charge >= 0.3 is 0 Å². The third-order valence-electron chi connectivity index (χ3n) is 3.27. The second-order valence-electron chi connectivity index (χ2n) is 4.94. The quantitative estimate of drug-likeness (QED) is 0.708. The van der Waals surface area contributed by atoms with Crippen LogP contribution in [0, 0.1) is 0 Å². The zero-order chi connectivity index (χ0) is 16.8. The number of rotatable bonds is 6. The molecule has 3 rings (SSSR count). The Morgan fingerprint density at radius 3 is 2.67 bits per heavy atom. The number of benzene rings is 1. The fourth-order valence-electron chi connectivity index (χ4n) is 2.10. The Labute approximate surface area is 144 Å². The van der Waals surface area contributed by atoms with Crippen LogP contribution in [-0.2, 0) is 6.54 Å². The topological polar surface area (TPSA) is 72.0 Å². The molecular formula is C17H16ClN5O. The summed E-state index contributed by atoms with van der Waals surface area (Å²) >= 11 is 6.13. The molecule has 1 aromatic carbocycles. The molecule has 0 amide bonds. The van der Waals surface area contributed by atoms with Crippen LogP contribution in [0.25, 0.3) is 0 Å². The van der Waals surface area contributed by atoms with Gasteiger partial charge in [0.25, 0.3) is 0 Å². The van der Waals surface area contributed by atoms with E-state index in [1.54, 1.807) is 25.4 Å². The molecule has 0 atom stereocenters. The van der Waals surface area contributed by atoms with Crippen LogP contribution < -0.4 is 15.4 Å². The molecule has 2 heterocycles. The Kier molecular flexibility index (Phi) is 5.08. The minimum Gasteiger partial charge on any atom is -0.495 e. The highest BCUT2D eigenvalue weighted by Crippen LogP contribution is 2.28. The molecule has 2 N–H and O–H groups in total. The Balaban J connectivity index is 1.67. The molecule has 0 aliphatic heterocycles. The van der Waals surface area contributed by atoms with E-state index >= 15 is 0 Å². The molecule has 0 spiro atoms. The lowest BCUT2D eigenvalue weighted by atomic mass is 10.3. The Morgan fingerprint density at radius 2 is 1.92 bits per heavy atom. The Morgan fingerprint density at radius 1 is 1.04 bits per heavy atom. The minimum atomic E-state index is 0.532. The van der Waals surface area contributed by atoms with Gasteiger partial charge in [-0.15, -0.1) is 0 Å². The summed E-state index contributed by atoms with van der Waals surface area (Å²) in [6.07, 6.45) is 3.26. The molecule has 24 heavy (non-hydrogen) atoms. The zero-order valence-electron chi connectivity index (χ0n) is 13.0. The van der Waals surface area contributed by atoms with Crippen molar-refractivity contribution in [3.05, 3.63) is 65.7 Å². The zero-order valence-corrected chi connectivity index (χ0v) is 13.8. The van der Waals surface area contributed by atoms with Crippen LogP contribution in [0.1, 0.15) is 5.69 Å². The summed E-state index contributed by atoms with van der Waals surface area (Å²) in [5.41, 5.74) is 1.75. The highest BCUT2D eigenvalue weighted by Gasteiger charge is 2.04. The van der Waals surface area contributed by atoms with Crippen molar-refractivity contribution in [2.24, 2.45) is 0 Å². The smallest absolute Gasteiger partial charge is 0.137 e. The van der Waals surface area contributed by atoms with Crippen LogP contribution in [0.4, 0.5) is 17.3 Å². The molecule has 122 valence electrons. The summed E-state index contributed by atoms with van der Waals surface area (Å²) in [4.78, 5) is 12.7. The summed E-state index contributed by atoms with van der Waals surface area (Å²) in [7, 11) is 1.58. The fraction of sp³-hybridized carbons (Fsp3) is 0.118. The average Bonchev–Trinajstić information content (AvgIpc) is 2.61. The van der Waals surface area contributed by atoms with Crippen molar-refractivity contribution in [2.45, 2.75) is 6.54 Å². The highest BCUT2D eigenvalue weighted by atomic mass is 35.5. The molecule has 0 unspecified atom stereocenters. The standard InChI is InChI=1S/C17H16ClN5O/c1-24-15-6-5-12(8-14(15)18)23-17-9-16(21-11-22-17)20-10-13-4-2-3-7-19-13/h2-9,11H,10H2,1H3,(H2,20,21,22,23). The van der Waals surface area contributed by atoms with Gasteiger partial charge in [-0.3, -0.25) is 4.98 Å². The first-order valence-electron chi connectivity index (χ1n) is 7.31. The van der Waals surface area contributed by atoms with E-state index < -0.39 is 0 Å². The number of methoxy groups -OCH3 is 1. The van der Waals surface area contributed by atoms with Crippen molar-refractivity contribution in [1.82, 2.24) is 15.0 Å². The van der Waals surface area contributed by atoms with E-state index in [2.05, 4.69) is 25.6 Å². The molecule has 2 aromatic heterocycles. The van der Waals surface area contributed by atoms with Crippen LogP contribution in [0.5, 0.6) is 5.75 Å². The van der Waals surface area contributed by atoms with Crippen molar-refractivity contribution in [1.29, 1.82) is 0 Å². The van der Waals surface area contributed by atoms with Crippen molar-refractivity contribution < 1.29 is 4.74 Å². The van der Waals surface area contributed by atoms with Gasteiger partial charge in [-0.25, -0.2) is 9.97 Å². The number of hydrogen-bond acceptors (Lipinski definition) is 6. The summed E-state index contributed by atoms with van der Waals surface area (Å²) in [6.45, 7) is 0.589. The Bertz CT molecular complexity index is 813. The number of hydrogen-bond donors (Lipinski definition) is 2. The number of nitrogens with zero attached hydrogens (tertiary/aromatic N) is 3. The number of anilines is 3. The molecule has 0 bridgehead atoms. The summed E-state index contributed by atoms with van der Waals surface area (Å²) in [6, 6.07) is 13.1. The van der Waals surface area contributed by atoms with Crippen molar-refractivity contribution in [3.8, 4) is 5.75 Å². The molecule has 0 aliphatic rings. The predicted molar refractivity (Wildman–Crippen MR) is 94.9 cm³/mol. The number of ether oxygens (including phenoxy) is 1. The van der Waals surface area contributed by atoms with E-state index in [1.807, 2.05) is 30.3 Å². The fourth-order valence-corrected chi connectivity index (χ4v) is 2.36. The maximum absolute atomic E-state index is 6.13. The maximum atomic E-state index is 6.13. The summed E-state index contributed by atoms with van der Waals surface area (Å²) < 4.78 is 5.14. The van der Waals surface area contributed by atoms with Crippen molar-refractivity contribution in [2.75, 3.05) is 17.7 Å². The number of halogens is 1. The minimum absolute atomic E-state index is 0.532. The van der Waals surface area contributed by atoms with Crippen LogP contribution in [0.2, 0.25) is 5.02 Å². The van der Waals surface area contributed by atoms with Crippen LogP contribution in [0.3, 0.4) is 0 Å². The number of pyridine rings is 1. The van der Waals surface area contributed by atoms with Gasteiger partial charge in [0, 0.05) is 18.0 Å². The van der Waals surface area contributed by atoms with Crippen molar-refractivity contribution in [3.63, 3.8) is 0 Å². The molecule has 0 radical (unpaired) electrons. The summed E-state index contributed by atoms with van der Waals surface area (Å²) in [5.74, 6) is 2.00. The van der Waals surface area contributed by atoms with E-state index in [4.69, 9.17) is 16.3 Å². The molecule has 0 aliphatic carbocycles. The first kappa shape index (κ1) is 16.0. The third kappa shape index (κ3) is 4.11. The molecule has 0 saturated carbocycles. The van der Waals surface area contributed by atoms with Gasteiger partial charge in [0.1, 0.15) is 23.7 Å². The lowest BCUT2D eigenvalue weighted by Crippen LogP contribution is -2.04. The van der Waals surface area contributed by atoms with Crippen LogP contribution in [-0.4, -0.2) is 22.1 Å². The maximum Gasteiger partial charge on any atom is 0.137 e. The number of aromatic nitrogens is 3. The third-order valence-corrected chi connectivity index (χ3v) is 3.56. The second-order valence-corrected chi connectivity index (χ2v) is 5.34. The van der Waals surface area contributed by atoms with Gasteiger partial charge in [-0.05, 0) is 30.3 Å². The second kappa shape index (κ2) is 7.61. The molecule has 0 saturated heterocycles. The first-order valence-corrected chi connectivity index (χ1v) is 7.69. The molecule has 7 heteroatoms. The predicted octanol–water partition coefficient (Wildman–Crippen LogP) is 3.89. The lowest BCUT2D eigenvalue weighted by molar-refractivity contribution is 0.415. The lowest BCUT2D eigenvalue weighted by Gasteiger charge is -2.10. The molecule has 0 fully saturated rings. The summed E-state index contributed by atoms with van der Waals surface area (Å²) in [5, 5.41) is 6.94. The van der Waals surface area contributed by atoms with Crippen LogP contribution >= 0.6 is 11.6 Å². The highest BCUT2D eigenvalue weighted by molar-refractivity contribution is 6.32. The van der Waals surface area contributed by atoms with Gasteiger partial charge in [-0.2, -0.15) is 0 Å². The van der Waals surface area contributed by atoms with E-state index in [0.717, 1.165) is 11.4 Å². The molecule has 6 nitrogen and oxygen atoms in total. The normalized spacial score (nSPS) is 10.2. The average molecular weight is 342 g/mol. The van der Waals surface area contributed by atoms with E-state index in [1.165, 1.54) is 6.33 Å². The van der Waals surface area contributed by atoms with Gasteiger partial charge in [0.2, 0.25) is 0 Å². The van der Waals surface area contributed by atoms with E-state index in [0.29, 0.717) is 29.0 Å². The monoisotopic (exact) mass is 341 g/mol. The largest absolute Gasteiger partial charge is 0.495 e. The van der Waals surface area contributed by atoms with E-state index in [-0.39, 0.29) is 0 Å². The first-order chi connectivity index (χ1) is 11.7. The van der Waals surface area contributed by atoms with Crippen LogP contribution in [0.15, 0.2) is 55.0 Å². The molecule has 3 aromatic rings. The van der Waals surface area contributed by atoms with E-state index in [9.17, 15) is 0 Å². The Hall–Kier alpha value is -2.86. The van der Waals surface area contributed by atoms with Gasteiger partial charge < -0.3 is 15.4 Å². The van der Waals surface area contributed by atoms with Crippen molar-refractivity contribution >= 4 is 28.9 Å². The van der Waals surface area contributed by atoms with Gasteiger partial charge in [0.15, 0.2) is 0 Å². The molecular weight excluding hydrogens is 326 g/mol. The SMILES string of the molecule is COc1ccc(Nc2cc(NCc3ccccn3)ncn2)cc1Cl. The number of nitrogens with one attached hydrogen (secondary N) is 2. The van der Waals surface area contributed by atoms with Gasteiger partial charge in [0.05, 0.1) is 24.4 Å². The van der Waals surface area contributed by atoms with Gasteiger partial charge in [-0.1, -0.05) is 17.7 Å².